The summed E-state index contributed by atoms with van der Waals surface area (Å²) in [6.07, 6.45) is 9.20. The minimum absolute atomic E-state index is 0.0835. The number of para-hydroxylation sites is 1. The van der Waals surface area contributed by atoms with Crippen LogP contribution in [0.4, 0.5) is 5.69 Å². The lowest BCUT2D eigenvalue weighted by molar-refractivity contribution is 0.350. The van der Waals surface area contributed by atoms with Crippen LogP contribution in [0.5, 0.6) is 5.75 Å². The van der Waals surface area contributed by atoms with Gasteiger partial charge in [-0.3, -0.25) is 9.55 Å². The third-order valence-corrected chi connectivity index (χ3v) is 7.03. The van der Waals surface area contributed by atoms with Crippen molar-refractivity contribution < 1.29 is 19.1 Å². The Morgan fingerprint density at radius 3 is 2.68 bits per heavy atom. The van der Waals surface area contributed by atoms with Crippen LogP contribution in [-0.2, 0) is 4.57 Å². The Morgan fingerprint density at radius 2 is 2.03 bits per heavy atom. The molecule has 0 amide bonds. The molecule has 0 radical (unpaired) electrons. The predicted molar refractivity (Wildman–Crippen MR) is 133 cm³/mol. The van der Waals surface area contributed by atoms with Crippen molar-refractivity contribution >= 4 is 36.3 Å². The molecule has 0 aliphatic carbocycles. The summed E-state index contributed by atoms with van der Waals surface area (Å²) in [5.74, 6) is 0.887. The molecular weight excluding hydrogens is 451 g/mol. The Kier molecular flexibility index (Phi) is 7.28. The second-order valence-corrected chi connectivity index (χ2v) is 10.2. The lowest BCUT2D eigenvalue weighted by Gasteiger charge is -2.35. The Bertz CT molecular complexity index is 1280. The molecule has 1 fully saturated rings. The Hall–Kier alpha value is -3.24. The van der Waals surface area contributed by atoms with Crippen molar-refractivity contribution in [3.8, 4) is 11.8 Å². The molecule has 2 aromatic heterocycles. The average molecular weight is 478 g/mol. The smallest absolute Gasteiger partial charge is 0.325 e. The normalized spacial score (nSPS) is 15.1. The van der Waals surface area contributed by atoms with Crippen LogP contribution in [0.3, 0.4) is 0 Å². The highest BCUT2D eigenvalue weighted by Crippen LogP contribution is 2.40. The number of aromatic nitrogens is 2. The number of ether oxygens (including phenoxy) is 1. The molecule has 0 bridgehead atoms. The molecule has 9 heteroatoms. The average Bonchev–Trinajstić information content (AvgIpc) is 2.85. The maximum Gasteiger partial charge on any atom is 0.325 e. The molecule has 1 aromatic carbocycles. The molecule has 0 saturated carbocycles. The first-order valence-corrected chi connectivity index (χ1v) is 13.0. The number of rotatable bonds is 7. The SMILES string of the molecule is COc1cccc2c(N3CCC(CCP(=O)(O)O)CC3)c(C#N)c(/C=C\c3cccnc3)nc12. The van der Waals surface area contributed by atoms with Gasteiger partial charge < -0.3 is 19.4 Å². The van der Waals surface area contributed by atoms with Gasteiger partial charge in [-0.2, -0.15) is 5.26 Å². The van der Waals surface area contributed by atoms with Crippen LogP contribution in [0.1, 0.15) is 36.1 Å². The lowest BCUT2D eigenvalue weighted by Crippen LogP contribution is -2.34. The van der Waals surface area contributed by atoms with Gasteiger partial charge in [-0.1, -0.05) is 24.3 Å². The van der Waals surface area contributed by atoms with E-state index in [0.717, 1.165) is 29.5 Å². The summed E-state index contributed by atoms with van der Waals surface area (Å²) < 4.78 is 16.8. The first kappa shape index (κ1) is 23.9. The zero-order valence-electron chi connectivity index (χ0n) is 19.0. The fraction of sp³-hybridized carbons (Fsp3) is 0.320. The summed E-state index contributed by atoms with van der Waals surface area (Å²) in [6, 6.07) is 11.9. The number of fused-ring (bicyclic) bond motifs is 1. The maximum absolute atomic E-state index is 11.3. The first-order chi connectivity index (χ1) is 16.4. The van der Waals surface area contributed by atoms with Crippen molar-refractivity contribution in [1.29, 1.82) is 5.26 Å². The van der Waals surface area contributed by atoms with E-state index in [2.05, 4.69) is 16.0 Å². The molecule has 0 atom stereocenters. The highest BCUT2D eigenvalue weighted by molar-refractivity contribution is 7.51. The van der Waals surface area contributed by atoms with Crippen molar-refractivity contribution in [2.75, 3.05) is 31.3 Å². The number of nitrogens with zero attached hydrogens (tertiary/aromatic N) is 4. The van der Waals surface area contributed by atoms with Gasteiger partial charge in [-0.25, -0.2) is 4.98 Å². The number of pyridine rings is 2. The maximum atomic E-state index is 11.3. The molecule has 8 nitrogen and oxygen atoms in total. The van der Waals surface area contributed by atoms with Gasteiger partial charge >= 0.3 is 7.60 Å². The standard InChI is InChI=1S/C25H27N4O4P/c1-33-23-6-2-5-20-24(23)28-22(8-7-19-4-3-12-27-17-19)21(16-26)25(20)29-13-9-18(10-14-29)11-15-34(30,31)32/h2-8,12,17-18H,9-11,13-15H2,1H3,(H2,30,31,32)/b8-7-. The van der Waals surface area contributed by atoms with Crippen molar-refractivity contribution in [3.05, 3.63) is 59.5 Å². The molecule has 0 unspecified atom stereocenters. The van der Waals surface area contributed by atoms with E-state index in [0.29, 0.717) is 42.0 Å². The molecule has 3 aromatic rings. The highest BCUT2D eigenvalue weighted by atomic mass is 31.2. The first-order valence-electron chi connectivity index (χ1n) is 11.2. The molecule has 1 aliphatic heterocycles. The number of piperidine rings is 1. The zero-order valence-corrected chi connectivity index (χ0v) is 19.9. The number of hydrogen-bond acceptors (Lipinski definition) is 6. The van der Waals surface area contributed by atoms with E-state index in [1.54, 1.807) is 19.5 Å². The molecule has 3 heterocycles. The van der Waals surface area contributed by atoms with Crippen LogP contribution >= 0.6 is 7.60 Å². The van der Waals surface area contributed by atoms with Gasteiger partial charge in [0, 0.05) is 30.9 Å². The van der Waals surface area contributed by atoms with Crippen molar-refractivity contribution in [3.63, 3.8) is 0 Å². The summed E-state index contributed by atoms with van der Waals surface area (Å²) >= 11 is 0. The van der Waals surface area contributed by atoms with Crippen molar-refractivity contribution in [1.82, 2.24) is 9.97 Å². The minimum atomic E-state index is -3.99. The predicted octanol–water partition coefficient (Wildman–Crippen LogP) is 4.46. The number of methoxy groups -OCH3 is 1. The van der Waals surface area contributed by atoms with E-state index in [1.165, 1.54) is 0 Å². The topological polar surface area (TPSA) is 120 Å². The number of hydrogen-bond donors (Lipinski definition) is 2. The summed E-state index contributed by atoms with van der Waals surface area (Å²) in [7, 11) is -2.39. The summed E-state index contributed by atoms with van der Waals surface area (Å²) in [5, 5.41) is 11.0. The second kappa shape index (κ2) is 10.4. The molecule has 34 heavy (non-hydrogen) atoms. The van der Waals surface area contributed by atoms with E-state index in [-0.39, 0.29) is 12.1 Å². The fourth-order valence-corrected chi connectivity index (χ4v) is 5.13. The van der Waals surface area contributed by atoms with Crippen LogP contribution in [-0.4, -0.2) is 46.1 Å². The van der Waals surface area contributed by atoms with Gasteiger partial charge in [-0.15, -0.1) is 0 Å². The van der Waals surface area contributed by atoms with Gasteiger partial charge in [0.15, 0.2) is 0 Å². The number of nitriles is 1. The monoisotopic (exact) mass is 478 g/mol. The Labute approximate surface area is 198 Å². The zero-order chi connectivity index (χ0) is 24.1. The van der Waals surface area contributed by atoms with Gasteiger partial charge in [0.05, 0.1) is 24.7 Å². The van der Waals surface area contributed by atoms with Gasteiger partial charge in [-0.05, 0) is 49.0 Å². The van der Waals surface area contributed by atoms with Gasteiger partial charge in [0.1, 0.15) is 22.9 Å². The third kappa shape index (κ3) is 5.45. The fourth-order valence-electron chi connectivity index (χ4n) is 4.43. The number of benzene rings is 1. The number of anilines is 1. The molecular formula is C25H27N4O4P. The van der Waals surface area contributed by atoms with Crippen molar-refractivity contribution in [2.24, 2.45) is 5.92 Å². The van der Waals surface area contributed by atoms with Gasteiger partial charge in [0.2, 0.25) is 0 Å². The van der Waals surface area contributed by atoms with Crippen LogP contribution in [0.2, 0.25) is 0 Å². The molecule has 2 N–H and O–H groups in total. The van der Waals surface area contributed by atoms with Crippen LogP contribution in [0, 0.1) is 17.2 Å². The van der Waals surface area contributed by atoms with Crippen LogP contribution in [0.25, 0.3) is 23.1 Å². The Morgan fingerprint density at radius 1 is 1.24 bits per heavy atom. The van der Waals surface area contributed by atoms with Crippen LogP contribution in [0.15, 0.2) is 42.7 Å². The lowest BCUT2D eigenvalue weighted by atomic mass is 9.93. The minimum Gasteiger partial charge on any atom is -0.494 e. The van der Waals surface area contributed by atoms with Crippen molar-refractivity contribution in [2.45, 2.75) is 19.3 Å². The summed E-state index contributed by atoms with van der Waals surface area (Å²) in [4.78, 5) is 29.5. The summed E-state index contributed by atoms with van der Waals surface area (Å²) in [6.45, 7) is 1.39. The molecule has 176 valence electrons. The van der Waals surface area contributed by atoms with Crippen LogP contribution < -0.4 is 9.64 Å². The largest absolute Gasteiger partial charge is 0.494 e. The molecule has 4 rings (SSSR count). The van der Waals surface area contributed by atoms with Gasteiger partial charge in [0.25, 0.3) is 0 Å². The third-order valence-electron chi connectivity index (χ3n) is 6.19. The van der Waals surface area contributed by atoms with E-state index in [9.17, 15) is 19.6 Å². The van der Waals surface area contributed by atoms with E-state index >= 15 is 0 Å². The Balaban J connectivity index is 1.73. The second-order valence-electron chi connectivity index (χ2n) is 8.42. The van der Waals surface area contributed by atoms with E-state index < -0.39 is 7.60 Å². The highest BCUT2D eigenvalue weighted by Gasteiger charge is 2.27. The summed E-state index contributed by atoms with van der Waals surface area (Å²) in [5.41, 5.74) is 3.47. The van der Waals surface area contributed by atoms with E-state index in [1.807, 2.05) is 42.5 Å². The quantitative estimate of drug-likeness (QED) is 0.478. The molecule has 0 spiro atoms. The molecule has 1 aliphatic rings. The molecule has 1 saturated heterocycles. The van der Waals surface area contributed by atoms with E-state index in [4.69, 9.17) is 9.72 Å².